The molecule has 0 aromatic carbocycles. The molecule has 2 nitrogen and oxygen atoms in total. The Morgan fingerprint density at radius 1 is 1.33 bits per heavy atom. The molecular weight excluding hydrogens is 184 g/mol. The molecule has 2 heteroatoms. The summed E-state index contributed by atoms with van der Waals surface area (Å²) in [5.74, 6) is 0.782. The van der Waals surface area contributed by atoms with Crippen molar-refractivity contribution in [2.24, 2.45) is 5.92 Å². The van der Waals surface area contributed by atoms with Crippen LogP contribution in [0.5, 0.6) is 0 Å². The summed E-state index contributed by atoms with van der Waals surface area (Å²) in [5.41, 5.74) is 0.337. The predicted octanol–water partition coefficient (Wildman–Crippen LogP) is 2.49. The van der Waals surface area contributed by atoms with Crippen LogP contribution < -0.4 is 5.32 Å². The summed E-state index contributed by atoms with van der Waals surface area (Å²) in [6.07, 6.45) is 2.55. The van der Waals surface area contributed by atoms with Crippen molar-refractivity contribution >= 4 is 0 Å². The zero-order chi connectivity index (χ0) is 11.5. The van der Waals surface area contributed by atoms with Gasteiger partial charge in [0.1, 0.15) is 0 Å². The largest absolute Gasteiger partial charge is 0.314 e. The van der Waals surface area contributed by atoms with Crippen LogP contribution in [0.4, 0.5) is 0 Å². The third kappa shape index (κ3) is 3.76. The molecule has 0 radical (unpaired) electrons. The van der Waals surface area contributed by atoms with Crippen molar-refractivity contribution in [3.05, 3.63) is 0 Å². The van der Waals surface area contributed by atoms with Gasteiger partial charge in [-0.3, -0.25) is 4.90 Å². The van der Waals surface area contributed by atoms with Crippen LogP contribution in [-0.2, 0) is 0 Å². The van der Waals surface area contributed by atoms with E-state index in [4.69, 9.17) is 0 Å². The maximum atomic E-state index is 3.67. The lowest BCUT2D eigenvalue weighted by Crippen LogP contribution is -2.54. The zero-order valence-electron chi connectivity index (χ0n) is 11.1. The summed E-state index contributed by atoms with van der Waals surface area (Å²) in [6, 6.07) is 0.739. The third-order valence-corrected chi connectivity index (χ3v) is 3.51. The van der Waals surface area contributed by atoms with Gasteiger partial charge in [0.15, 0.2) is 0 Å². The van der Waals surface area contributed by atoms with Gasteiger partial charge in [0.05, 0.1) is 0 Å². The first-order valence-electron chi connectivity index (χ1n) is 6.43. The van der Waals surface area contributed by atoms with E-state index in [-0.39, 0.29) is 0 Å². The van der Waals surface area contributed by atoms with Crippen molar-refractivity contribution in [1.29, 1.82) is 0 Å². The van der Waals surface area contributed by atoms with E-state index in [1.807, 2.05) is 0 Å². The molecule has 0 aromatic rings. The minimum absolute atomic E-state index is 0.337. The fourth-order valence-corrected chi connectivity index (χ4v) is 2.39. The van der Waals surface area contributed by atoms with Gasteiger partial charge >= 0.3 is 0 Å². The van der Waals surface area contributed by atoms with Crippen LogP contribution in [0.1, 0.15) is 47.5 Å². The van der Waals surface area contributed by atoms with Crippen molar-refractivity contribution < 1.29 is 0 Å². The van der Waals surface area contributed by atoms with Gasteiger partial charge in [-0.2, -0.15) is 0 Å². The van der Waals surface area contributed by atoms with E-state index < -0.39 is 0 Å². The summed E-state index contributed by atoms with van der Waals surface area (Å²) in [4.78, 5) is 2.61. The Kier molecular flexibility index (Phi) is 4.60. The van der Waals surface area contributed by atoms with Crippen LogP contribution in [0, 0.1) is 5.92 Å². The first-order chi connectivity index (χ1) is 6.95. The van der Waals surface area contributed by atoms with Gasteiger partial charge in [-0.15, -0.1) is 0 Å². The molecule has 1 rings (SSSR count). The Morgan fingerprint density at radius 3 is 2.47 bits per heavy atom. The summed E-state index contributed by atoms with van der Waals surface area (Å²) < 4.78 is 0. The van der Waals surface area contributed by atoms with Gasteiger partial charge < -0.3 is 5.32 Å². The van der Waals surface area contributed by atoms with Gasteiger partial charge in [0.2, 0.25) is 0 Å². The number of hydrogen-bond acceptors (Lipinski definition) is 2. The number of nitrogens with one attached hydrogen (secondary N) is 1. The molecule has 0 amide bonds. The van der Waals surface area contributed by atoms with E-state index in [1.165, 1.54) is 32.5 Å². The molecule has 90 valence electrons. The minimum atomic E-state index is 0.337. The highest BCUT2D eigenvalue weighted by molar-refractivity contribution is 4.87. The topological polar surface area (TPSA) is 15.3 Å². The molecule has 0 saturated carbocycles. The van der Waals surface area contributed by atoms with Crippen LogP contribution in [-0.4, -0.2) is 36.1 Å². The van der Waals surface area contributed by atoms with Crippen molar-refractivity contribution in [1.82, 2.24) is 10.2 Å². The second-order valence-electron chi connectivity index (χ2n) is 5.94. The Bertz CT molecular complexity index is 183. The lowest BCUT2D eigenvalue weighted by atomic mass is 9.90. The van der Waals surface area contributed by atoms with Gasteiger partial charge in [0.25, 0.3) is 0 Å². The van der Waals surface area contributed by atoms with Crippen LogP contribution in [0.15, 0.2) is 0 Å². The van der Waals surface area contributed by atoms with Crippen molar-refractivity contribution in [3.8, 4) is 0 Å². The first-order valence-corrected chi connectivity index (χ1v) is 6.43. The summed E-state index contributed by atoms with van der Waals surface area (Å²) in [5, 5.41) is 3.67. The minimum Gasteiger partial charge on any atom is -0.314 e. The second kappa shape index (κ2) is 5.31. The van der Waals surface area contributed by atoms with Crippen LogP contribution in [0.3, 0.4) is 0 Å². The number of hydrogen-bond donors (Lipinski definition) is 1. The first kappa shape index (κ1) is 13.0. The molecule has 15 heavy (non-hydrogen) atoms. The second-order valence-corrected chi connectivity index (χ2v) is 5.94. The van der Waals surface area contributed by atoms with E-state index >= 15 is 0 Å². The molecule has 0 aliphatic carbocycles. The van der Waals surface area contributed by atoms with Gasteiger partial charge in [-0.1, -0.05) is 13.8 Å². The molecule has 1 heterocycles. The predicted molar refractivity (Wildman–Crippen MR) is 67.2 cm³/mol. The molecule has 1 aliphatic rings. The molecule has 2 atom stereocenters. The fourth-order valence-electron chi connectivity index (χ4n) is 2.39. The van der Waals surface area contributed by atoms with E-state index in [1.54, 1.807) is 0 Å². The average Bonchev–Trinajstić information content (AvgIpc) is 2.14. The van der Waals surface area contributed by atoms with Crippen molar-refractivity contribution in [3.63, 3.8) is 0 Å². The zero-order valence-corrected chi connectivity index (χ0v) is 11.1. The van der Waals surface area contributed by atoms with E-state index in [9.17, 15) is 0 Å². The lowest BCUT2D eigenvalue weighted by molar-refractivity contribution is 0.0655. The molecule has 2 unspecified atom stereocenters. The monoisotopic (exact) mass is 212 g/mol. The van der Waals surface area contributed by atoms with Crippen molar-refractivity contribution in [2.75, 3.05) is 19.6 Å². The molecule has 0 spiro atoms. The average molecular weight is 212 g/mol. The van der Waals surface area contributed by atoms with E-state index in [0.717, 1.165) is 12.0 Å². The van der Waals surface area contributed by atoms with Crippen LogP contribution >= 0.6 is 0 Å². The fraction of sp³-hybridized carbons (Fsp3) is 1.00. The maximum Gasteiger partial charge on any atom is 0.0125 e. The molecule has 0 aromatic heterocycles. The normalized spacial score (nSPS) is 29.4. The summed E-state index contributed by atoms with van der Waals surface area (Å²) >= 11 is 0. The lowest BCUT2D eigenvalue weighted by Gasteiger charge is -2.44. The highest BCUT2D eigenvalue weighted by atomic mass is 15.2. The number of nitrogens with zero attached hydrogens (tertiary/aromatic N) is 1. The van der Waals surface area contributed by atoms with E-state index in [2.05, 4.69) is 44.8 Å². The Labute approximate surface area is 95.4 Å². The molecule has 1 N–H and O–H groups in total. The molecular formula is C13H28N2. The van der Waals surface area contributed by atoms with Crippen LogP contribution in [0.2, 0.25) is 0 Å². The van der Waals surface area contributed by atoms with E-state index in [0.29, 0.717) is 5.54 Å². The highest BCUT2D eigenvalue weighted by Crippen LogP contribution is 2.23. The summed E-state index contributed by atoms with van der Waals surface area (Å²) in [7, 11) is 0. The van der Waals surface area contributed by atoms with Gasteiger partial charge in [-0.05, 0) is 46.1 Å². The van der Waals surface area contributed by atoms with Gasteiger partial charge in [-0.25, -0.2) is 0 Å². The van der Waals surface area contributed by atoms with Crippen molar-refractivity contribution in [2.45, 2.75) is 59.0 Å². The SMILES string of the molecule is CCCNC1CCN(C(C)(C)C)CC1C. The highest BCUT2D eigenvalue weighted by Gasteiger charge is 2.30. The van der Waals surface area contributed by atoms with Crippen LogP contribution in [0.25, 0.3) is 0 Å². The Hall–Kier alpha value is -0.0800. The number of likely N-dealkylation sites (tertiary alicyclic amines) is 1. The Morgan fingerprint density at radius 2 is 2.00 bits per heavy atom. The summed E-state index contributed by atoms with van der Waals surface area (Å²) in [6.45, 7) is 15.2. The number of rotatable bonds is 3. The number of piperidine rings is 1. The Balaban J connectivity index is 2.41. The maximum absolute atomic E-state index is 3.67. The molecule has 1 aliphatic heterocycles. The van der Waals surface area contributed by atoms with Gasteiger partial charge in [0, 0.05) is 24.7 Å². The molecule has 1 fully saturated rings. The standard InChI is InChI=1S/C13H28N2/c1-6-8-14-12-7-9-15(10-11(12)2)13(3,4)5/h11-12,14H,6-10H2,1-5H3. The quantitative estimate of drug-likeness (QED) is 0.773. The smallest absolute Gasteiger partial charge is 0.0125 e. The molecule has 1 saturated heterocycles. The third-order valence-electron chi connectivity index (χ3n) is 3.51. The molecule has 0 bridgehead atoms.